The number of likely N-dealkylation sites (tertiary alicyclic amines) is 1. The molecule has 11 heteroatoms. The van der Waals surface area contributed by atoms with E-state index in [0.29, 0.717) is 6.07 Å². The van der Waals surface area contributed by atoms with Gasteiger partial charge in [-0.2, -0.15) is 13.2 Å². The van der Waals surface area contributed by atoms with E-state index in [1.165, 1.54) is 4.90 Å². The summed E-state index contributed by atoms with van der Waals surface area (Å²) in [4.78, 5) is 38.0. The van der Waals surface area contributed by atoms with Crippen LogP contribution in [0, 0.1) is 17.6 Å². The number of halogens is 5. The summed E-state index contributed by atoms with van der Waals surface area (Å²) in [5.74, 6) is -4.20. The summed E-state index contributed by atoms with van der Waals surface area (Å²) in [5.41, 5.74) is -0.870. The lowest BCUT2D eigenvalue weighted by molar-refractivity contribution is -0.152. The molecule has 0 radical (unpaired) electrons. The predicted octanol–water partition coefficient (Wildman–Crippen LogP) is 4.02. The predicted molar refractivity (Wildman–Crippen MR) is 106 cm³/mol. The molecule has 0 aromatic heterocycles. The molecule has 33 heavy (non-hydrogen) atoms. The summed E-state index contributed by atoms with van der Waals surface area (Å²) in [7, 11) is 0. The number of alkyl halides is 3. The maximum absolute atomic E-state index is 13.1. The van der Waals surface area contributed by atoms with Crippen molar-refractivity contribution < 1.29 is 41.1 Å². The molecular formula is C22H19F5N2O4. The molecule has 1 aliphatic rings. The molecule has 0 spiro atoms. The summed E-state index contributed by atoms with van der Waals surface area (Å²) >= 11 is 0. The number of nitrogens with zero attached hydrogens (tertiary/aromatic N) is 1. The highest BCUT2D eigenvalue weighted by molar-refractivity contribution is 5.94. The number of carbonyl (C=O) groups excluding carboxylic acids is 3. The van der Waals surface area contributed by atoms with Crippen LogP contribution in [-0.4, -0.2) is 42.4 Å². The number of esters is 1. The van der Waals surface area contributed by atoms with Gasteiger partial charge >= 0.3 is 12.1 Å². The van der Waals surface area contributed by atoms with Crippen molar-refractivity contribution in [2.75, 3.05) is 25.0 Å². The number of rotatable bonds is 5. The molecule has 1 saturated heterocycles. The summed E-state index contributed by atoms with van der Waals surface area (Å²) in [5, 5.41) is 2.22. The first kappa shape index (κ1) is 24.1. The molecule has 2 amide bonds. The Morgan fingerprint density at radius 2 is 1.55 bits per heavy atom. The average Bonchev–Trinajstić information content (AvgIpc) is 2.76. The van der Waals surface area contributed by atoms with Gasteiger partial charge < -0.3 is 15.0 Å². The van der Waals surface area contributed by atoms with Crippen molar-refractivity contribution in [1.29, 1.82) is 0 Å². The Morgan fingerprint density at radius 1 is 0.970 bits per heavy atom. The number of piperidine rings is 1. The molecule has 0 bridgehead atoms. The van der Waals surface area contributed by atoms with E-state index in [2.05, 4.69) is 5.32 Å². The summed E-state index contributed by atoms with van der Waals surface area (Å²) < 4.78 is 69.2. The number of carbonyl (C=O) groups is 3. The van der Waals surface area contributed by atoms with Crippen molar-refractivity contribution in [1.82, 2.24) is 4.90 Å². The second kappa shape index (κ2) is 9.97. The number of ether oxygens (including phenoxy) is 1. The van der Waals surface area contributed by atoms with Crippen molar-refractivity contribution in [3.63, 3.8) is 0 Å². The number of anilines is 1. The largest absolute Gasteiger partial charge is 0.455 e. The topological polar surface area (TPSA) is 75.7 Å². The Kier molecular flexibility index (Phi) is 7.29. The molecule has 0 atom stereocenters. The Balaban J connectivity index is 1.45. The third kappa shape index (κ3) is 6.50. The maximum atomic E-state index is 13.1. The van der Waals surface area contributed by atoms with Crippen LogP contribution in [0.4, 0.5) is 27.6 Å². The molecule has 3 rings (SSSR count). The fraction of sp³-hybridized carbons (Fsp3) is 0.318. The summed E-state index contributed by atoms with van der Waals surface area (Å²) in [6, 6.07) is 6.34. The molecule has 6 nitrogen and oxygen atoms in total. The van der Waals surface area contributed by atoms with E-state index in [-0.39, 0.29) is 37.2 Å². The van der Waals surface area contributed by atoms with Crippen LogP contribution in [0.15, 0.2) is 42.5 Å². The lowest BCUT2D eigenvalue weighted by Gasteiger charge is -2.31. The molecule has 0 unspecified atom stereocenters. The summed E-state index contributed by atoms with van der Waals surface area (Å²) in [6.45, 7) is -0.273. The maximum Gasteiger partial charge on any atom is 0.416 e. The number of hydrogen-bond donors (Lipinski definition) is 1. The molecule has 176 valence electrons. The van der Waals surface area contributed by atoms with E-state index in [1.807, 2.05) is 0 Å². The van der Waals surface area contributed by atoms with E-state index in [1.54, 1.807) is 0 Å². The zero-order valence-corrected chi connectivity index (χ0v) is 17.1. The Labute approximate surface area is 185 Å². The van der Waals surface area contributed by atoms with Crippen LogP contribution in [0.3, 0.4) is 0 Å². The lowest BCUT2D eigenvalue weighted by Crippen LogP contribution is -2.41. The van der Waals surface area contributed by atoms with Crippen LogP contribution in [0.2, 0.25) is 0 Å². The minimum atomic E-state index is -4.50. The highest BCUT2D eigenvalue weighted by Crippen LogP contribution is 2.29. The molecule has 1 N–H and O–H groups in total. The fourth-order valence-corrected chi connectivity index (χ4v) is 3.38. The van der Waals surface area contributed by atoms with Gasteiger partial charge in [0.25, 0.3) is 11.8 Å². The van der Waals surface area contributed by atoms with Crippen molar-refractivity contribution in [3.8, 4) is 0 Å². The number of hydrogen-bond acceptors (Lipinski definition) is 4. The van der Waals surface area contributed by atoms with Crippen LogP contribution in [0.25, 0.3) is 0 Å². The van der Waals surface area contributed by atoms with E-state index in [9.17, 15) is 36.3 Å². The SMILES string of the molecule is O=C(COC(=O)C1CCN(C(=O)c2ccc(C(F)(F)F)cc2)CC1)Nc1cc(F)cc(F)c1. The van der Waals surface area contributed by atoms with E-state index in [4.69, 9.17) is 4.74 Å². The van der Waals surface area contributed by atoms with Crippen molar-refractivity contribution in [2.45, 2.75) is 19.0 Å². The first-order chi connectivity index (χ1) is 15.5. The van der Waals surface area contributed by atoms with Gasteiger partial charge in [0, 0.05) is 30.4 Å². The Bertz CT molecular complexity index is 1010. The minimum absolute atomic E-state index is 0.106. The number of nitrogens with one attached hydrogen (secondary N) is 1. The van der Waals surface area contributed by atoms with E-state index < -0.39 is 53.7 Å². The minimum Gasteiger partial charge on any atom is -0.455 e. The molecule has 1 heterocycles. The van der Waals surface area contributed by atoms with Gasteiger partial charge in [0.2, 0.25) is 0 Å². The third-order valence-corrected chi connectivity index (χ3v) is 5.07. The molecule has 2 aromatic rings. The van der Waals surface area contributed by atoms with Crippen LogP contribution >= 0.6 is 0 Å². The quantitative estimate of drug-likeness (QED) is 0.529. The first-order valence-corrected chi connectivity index (χ1v) is 9.92. The highest BCUT2D eigenvalue weighted by Gasteiger charge is 2.32. The third-order valence-electron chi connectivity index (χ3n) is 5.07. The van der Waals surface area contributed by atoms with Gasteiger partial charge in [0.15, 0.2) is 6.61 Å². The van der Waals surface area contributed by atoms with Crippen LogP contribution < -0.4 is 5.32 Å². The van der Waals surface area contributed by atoms with Gasteiger partial charge in [0.1, 0.15) is 11.6 Å². The zero-order chi connectivity index (χ0) is 24.2. The van der Waals surface area contributed by atoms with Gasteiger partial charge in [0.05, 0.1) is 11.5 Å². The molecule has 1 aliphatic heterocycles. The number of benzene rings is 2. The lowest BCUT2D eigenvalue weighted by atomic mass is 9.96. The van der Waals surface area contributed by atoms with Crippen molar-refractivity contribution >= 4 is 23.5 Å². The van der Waals surface area contributed by atoms with E-state index >= 15 is 0 Å². The summed E-state index contributed by atoms with van der Waals surface area (Å²) in [6.07, 6.45) is -3.99. The van der Waals surface area contributed by atoms with Crippen molar-refractivity contribution in [3.05, 3.63) is 65.2 Å². The molecular weight excluding hydrogens is 451 g/mol. The van der Waals surface area contributed by atoms with Crippen LogP contribution in [0.5, 0.6) is 0 Å². The average molecular weight is 470 g/mol. The molecule has 0 saturated carbocycles. The molecule has 2 aromatic carbocycles. The first-order valence-electron chi connectivity index (χ1n) is 9.92. The normalized spacial score (nSPS) is 14.6. The fourth-order valence-electron chi connectivity index (χ4n) is 3.38. The molecule has 1 fully saturated rings. The van der Waals surface area contributed by atoms with Crippen LogP contribution in [0.1, 0.15) is 28.8 Å². The van der Waals surface area contributed by atoms with Gasteiger partial charge in [-0.3, -0.25) is 14.4 Å². The van der Waals surface area contributed by atoms with Gasteiger partial charge in [-0.25, -0.2) is 8.78 Å². The highest BCUT2D eigenvalue weighted by atomic mass is 19.4. The van der Waals surface area contributed by atoms with Gasteiger partial charge in [-0.1, -0.05) is 0 Å². The standard InChI is InChI=1S/C22H19F5N2O4/c23-16-9-17(24)11-18(10-16)28-19(30)12-33-21(32)14-5-7-29(8-6-14)20(31)13-1-3-15(4-2-13)22(25,26)27/h1-4,9-11,14H,5-8,12H2,(H,28,30). The Morgan fingerprint density at radius 3 is 2.09 bits per heavy atom. The Hall–Kier alpha value is -3.50. The van der Waals surface area contributed by atoms with Crippen molar-refractivity contribution in [2.24, 2.45) is 5.92 Å². The zero-order valence-electron chi connectivity index (χ0n) is 17.1. The van der Waals surface area contributed by atoms with Gasteiger partial charge in [-0.15, -0.1) is 0 Å². The number of amides is 2. The smallest absolute Gasteiger partial charge is 0.416 e. The second-order valence-corrected chi connectivity index (χ2v) is 7.46. The van der Waals surface area contributed by atoms with Crippen LogP contribution in [-0.2, 0) is 20.5 Å². The monoisotopic (exact) mass is 470 g/mol. The van der Waals surface area contributed by atoms with Gasteiger partial charge in [-0.05, 0) is 49.2 Å². The second-order valence-electron chi connectivity index (χ2n) is 7.46. The molecule has 0 aliphatic carbocycles. The van der Waals surface area contributed by atoms with E-state index in [0.717, 1.165) is 36.4 Å².